The second-order valence-electron chi connectivity index (χ2n) is 4.97. The summed E-state index contributed by atoms with van der Waals surface area (Å²) in [6, 6.07) is 8.78. The zero-order valence-electron chi connectivity index (χ0n) is 12.5. The van der Waals surface area contributed by atoms with E-state index >= 15 is 0 Å². The van der Waals surface area contributed by atoms with Gasteiger partial charge in [-0.3, -0.25) is 0 Å². The number of halogens is 3. The van der Waals surface area contributed by atoms with Crippen LogP contribution in [0.3, 0.4) is 0 Å². The van der Waals surface area contributed by atoms with Gasteiger partial charge in [-0.25, -0.2) is 0 Å². The first-order chi connectivity index (χ1) is 11.3. The fraction of sp³-hybridized carbons (Fsp3) is 0.200. The highest BCUT2D eigenvalue weighted by atomic mass is 35.6. The monoisotopic (exact) mass is 387 g/mol. The van der Waals surface area contributed by atoms with Crippen LogP contribution in [0, 0.1) is 0 Å². The molecule has 128 valence electrons. The third kappa shape index (κ3) is 5.06. The Morgan fingerprint density at radius 1 is 1.25 bits per heavy atom. The molecule has 0 aliphatic carbocycles. The topological polar surface area (TPSA) is 102 Å². The maximum atomic E-state index is 9.81. The maximum absolute atomic E-state index is 9.81. The standard InChI is InChI=1S/C15H16Cl3N5O/c16-15(17,18)10-3-1-4-11(7-10)23-9-13(24)8-12(23)5-2-6-21-22-14(19)20/h1,3-4,6-9,24H,2,5H2,(H4,19,20,22). The largest absolute Gasteiger partial charge is 0.506 e. The predicted molar refractivity (Wildman–Crippen MR) is 99.3 cm³/mol. The molecule has 1 heterocycles. The quantitative estimate of drug-likeness (QED) is 0.317. The van der Waals surface area contributed by atoms with Gasteiger partial charge in [-0.1, -0.05) is 46.9 Å². The van der Waals surface area contributed by atoms with Crippen molar-refractivity contribution < 1.29 is 5.11 Å². The summed E-state index contributed by atoms with van der Waals surface area (Å²) in [5.41, 5.74) is 12.5. The molecule has 0 saturated heterocycles. The van der Waals surface area contributed by atoms with Gasteiger partial charge >= 0.3 is 0 Å². The molecule has 0 unspecified atom stereocenters. The van der Waals surface area contributed by atoms with Crippen LogP contribution >= 0.6 is 34.8 Å². The molecule has 1 aromatic heterocycles. The average Bonchev–Trinajstić information content (AvgIpc) is 2.87. The summed E-state index contributed by atoms with van der Waals surface area (Å²) in [5, 5.41) is 17.1. The number of aromatic hydroxyl groups is 1. The lowest BCUT2D eigenvalue weighted by molar-refractivity contribution is 0.475. The Morgan fingerprint density at radius 3 is 2.67 bits per heavy atom. The van der Waals surface area contributed by atoms with Crippen molar-refractivity contribution in [3.05, 3.63) is 47.8 Å². The van der Waals surface area contributed by atoms with Gasteiger partial charge in [0.15, 0.2) is 0 Å². The second kappa shape index (κ2) is 7.79. The van der Waals surface area contributed by atoms with Crippen LogP contribution in [0.15, 0.2) is 46.7 Å². The molecule has 9 heteroatoms. The van der Waals surface area contributed by atoms with Crippen molar-refractivity contribution in [2.75, 3.05) is 0 Å². The molecule has 5 N–H and O–H groups in total. The maximum Gasteiger partial charge on any atom is 0.216 e. The molecular weight excluding hydrogens is 373 g/mol. The normalized spacial score (nSPS) is 11.8. The van der Waals surface area contributed by atoms with Crippen LogP contribution in [0.1, 0.15) is 17.7 Å². The average molecular weight is 389 g/mol. The molecule has 0 atom stereocenters. The van der Waals surface area contributed by atoms with Crippen molar-refractivity contribution in [1.29, 1.82) is 0 Å². The number of alkyl halides is 3. The summed E-state index contributed by atoms with van der Waals surface area (Å²) in [6.07, 6.45) is 4.39. The molecule has 0 amide bonds. The van der Waals surface area contributed by atoms with Gasteiger partial charge in [0.25, 0.3) is 0 Å². The Labute approximate surface area is 154 Å². The summed E-state index contributed by atoms with van der Waals surface area (Å²) in [7, 11) is 0. The minimum Gasteiger partial charge on any atom is -0.506 e. The molecule has 24 heavy (non-hydrogen) atoms. The lowest BCUT2D eigenvalue weighted by Gasteiger charge is -2.14. The predicted octanol–water partition coefficient (Wildman–Crippen LogP) is 3.20. The van der Waals surface area contributed by atoms with Gasteiger partial charge in [-0.2, -0.15) is 5.10 Å². The van der Waals surface area contributed by atoms with Gasteiger partial charge in [0.05, 0.1) is 6.20 Å². The van der Waals surface area contributed by atoms with Crippen molar-refractivity contribution in [2.24, 2.45) is 21.7 Å². The fourth-order valence-corrected chi connectivity index (χ4v) is 2.49. The highest BCUT2D eigenvalue weighted by molar-refractivity contribution is 6.66. The molecule has 2 aromatic rings. The van der Waals surface area contributed by atoms with E-state index in [0.29, 0.717) is 18.4 Å². The number of guanidine groups is 1. The molecule has 0 spiro atoms. The van der Waals surface area contributed by atoms with Crippen LogP contribution in [0.25, 0.3) is 5.69 Å². The zero-order valence-corrected chi connectivity index (χ0v) is 14.8. The summed E-state index contributed by atoms with van der Waals surface area (Å²) in [6.45, 7) is 0. The molecule has 6 nitrogen and oxygen atoms in total. The van der Waals surface area contributed by atoms with E-state index in [0.717, 1.165) is 11.4 Å². The summed E-state index contributed by atoms with van der Waals surface area (Å²) in [5.74, 6) is 0.0428. The van der Waals surface area contributed by atoms with E-state index in [4.69, 9.17) is 46.3 Å². The fourth-order valence-electron chi connectivity index (χ4n) is 2.14. The second-order valence-corrected chi connectivity index (χ2v) is 7.25. The van der Waals surface area contributed by atoms with Crippen molar-refractivity contribution >= 4 is 47.0 Å². The van der Waals surface area contributed by atoms with Gasteiger partial charge < -0.3 is 21.1 Å². The first kappa shape index (κ1) is 18.4. The summed E-state index contributed by atoms with van der Waals surface area (Å²) >= 11 is 17.8. The molecule has 0 aliphatic rings. The molecule has 0 radical (unpaired) electrons. The Morgan fingerprint density at radius 2 is 2.00 bits per heavy atom. The van der Waals surface area contributed by atoms with E-state index < -0.39 is 3.79 Å². The Kier molecular flexibility index (Phi) is 5.99. The Hall–Kier alpha value is -1.89. The lowest BCUT2D eigenvalue weighted by atomic mass is 10.2. The van der Waals surface area contributed by atoms with E-state index in [1.54, 1.807) is 36.7 Å². The van der Waals surface area contributed by atoms with Crippen LogP contribution in [0.4, 0.5) is 0 Å². The number of hydrogen-bond donors (Lipinski definition) is 3. The van der Waals surface area contributed by atoms with Crippen LogP contribution in [-0.4, -0.2) is 21.8 Å². The number of nitrogens with zero attached hydrogens (tertiary/aromatic N) is 3. The zero-order chi connectivity index (χ0) is 17.7. The first-order valence-corrected chi connectivity index (χ1v) is 8.09. The summed E-state index contributed by atoms with van der Waals surface area (Å²) < 4.78 is 0.307. The van der Waals surface area contributed by atoms with Crippen molar-refractivity contribution in [2.45, 2.75) is 16.6 Å². The van der Waals surface area contributed by atoms with E-state index in [9.17, 15) is 5.11 Å². The Bertz CT molecular complexity index is 761. The molecule has 2 rings (SSSR count). The van der Waals surface area contributed by atoms with E-state index in [2.05, 4.69) is 10.2 Å². The van der Waals surface area contributed by atoms with E-state index in [1.807, 2.05) is 10.6 Å². The number of nitrogens with two attached hydrogens (primary N) is 2. The van der Waals surface area contributed by atoms with Crippen molar-refractivity contribution in [3.8, 4) is 11.4 Å². The third-order valence-corrected chi connectivity index (χ3v) is 3.78. The van der Waals surface area contributed by atoms with E-state index in [-0.39, 0.29) is 11.7 Å². The third-order valence-electron chi connectivity index (χ3n) is 3.12. The minimum absolute atomic E-state index is 0.101. The number of benzene rings is 1. The Balaban J connectivity index is 2.23. The van der Waals surface area contributed by atoms with Gasteiger partial charge in [-0.05, 0) is 25.0 Å². The number of aryl methyl sites for hydroxylation is 1. The summed E-state index contributed by atoms with van der Waals surface area (Å²) in [4.78, 5) is 0. The van der Waals surface area contributed by atoms with Crippen LogP contribution in [0.2, 0.25) is 0 Å². The van der Waals surface area contributed by atoms with Crippen molar-refractivity contribution in [3.63, 3.8) is 0 Å². The smallest absolute Gasteiger partial charge is 0.216 e. The minimum atomic E-state index is -1.52. The molecule has 0 fully saturated rings. The van der Waals surface area contributed by atoms with Gasteiger partial charge in [0.2, 0.25) is 9.75 Å². The van der Waals surface area contributed by atoms with Crippen LogP contribution in [0.5, 0.6) is 5.75 Å². The lowest BCUT2D eigenvalue weighted by Crippen LogP contribution is -2.21. The molecule has 1 aromatic carbocycles. The van der Waals surface area contributed by atoms with Gasteiger partial charge in [0, 0.05) is 29.2 Å². The molecule has 0 saturated carbocycles. The van der Waals surface area contributed by atoms with Gasteiger partial charge in [0.1, 0.15) is 5.75 Å². The number of aromatic nitrogens is 1. The van der Waals surface area contributed by atoms with Gasteiger partial charge in [-0.15, -0.1) is 5.10 Å². The van der Waals surface area contributed by atoms with E-state index in [1.165, 1.54) is 0 Å². The highest BCUT2D eigenvalue weighted by Gasteiger charge is 2.23. The first-order valence-electron chi connectivity index (χ1n) is 6.95. The molecule has 0 aliphatic heterocycles. The SMILES string of the molecule is NC(N)=NN=CCCc1cc(O)cn1-c1cccc(C(Cl)(Cl)Cl)c1. The number of hydrogen-bond acceptors (Lipinski definition) is 3. The van der Waals surface area contributed by atoms with Crippen molar-refractivity contribution in [1.82, 2.24) is 4.57 Å². The van der Waals surface area contributed by atoms with Crippen LogP contribution < -0.4 is 11.5 Å². The molecular formula is C15H16Cl3N5O. The highest BCUT2D eigenvalue weighted by Crippen LogP contribution is 2.39. The van der Waals surface area contributed by atoms with Crippen LogP contribution in [-0.2, 0) is 10.2 Å². The molecule has 0 bridgehead atoms. The number of rotatable bonds is 5.